The fourth-order valence-corrected chi connectivity index (χ4v) is 3.92. The summed E-state index contributed by atoms with van der Waals surface area (Å²) >= 11 is 0. The number of aromatic nitrogens is 1. The van der Waals surface area contributed by atoms with Crippen molar-refractivity contribution in [3.8, 4) is 11.1 Å². The summed E-state index contributed by atoms with van der Waals surface area (Å²) in [7, 11) is 1.29. The number of benzene rings is 2. The number of amides is 1. The van der Waals surface area contributed by atoms with E-state index in [0.29, 0.717) is 23.8 Å². The minimum absolute atomic E-state index is 0. The molecule has 1 heterocycles. The molecule has 3 rings (SSSR count). The molecule has 6 nitrogen and oxygen atoms in total. The molecule has 188 valence electrons. The van der Waals surface area contributed by atoms with Crippen LogP contribution in [0.3, 0.4) is 0 Å². The van der Waals surface area contributed by atoms with Crippen LogP contribution in [0.5, 0.6) is 0 Å². The Bertz CT molecular complexity index is 1180. The van der Waals surface area contributed by atoms with Crippen molar-refractivity contribution in [1.82, 2.24) is 4.98 Å². The number of nitrogens with two attached hydrogens (primary N) is 1. The molecule has 0 saturated carbocycles. The van der Waals surface area contributed by atoms with Crippen LogP contribution >= 0.6 is 24.8 Å². The van der Waals surface area contributed by atoms with Crippen LogP contribution in [0.25, 0.3) is 11.1 Å². The number of carbonyl (C=O) groups is 2. The van der Waals surface area contributed by atoms with Crippen molar-refractivity contribution < 1.29 is 14.3 Å². The summed E-state index contributed by atoms with van der Waals surface area (Å²) in [5.74, 6) is -0.571. The van der Waals surface area contributed by atoms with E-state index in [1.165, 1.54) is 7.11 Å². The van der Waals surface area contributed by atoms with E-state index < -0.39 is 11.9 Å². The molecule has 2 aromatic carbocycles. The largest absolute Gasteiger partial charge is 0.465 e. The number of halogens is 2. The number of carbonyl (C=O) groups excluding carboxylic acids is 2. The number of nitrogens with zero attached hydrogens (tertiary/aromatic N) is 1. The molecular formula is C27H33Cl2N3O3. The van der Waals surface area contributed by atoms with Gasteiger partial charge in [-0.3, -0.25) is 9.78 Å². The Morgan fingerprint density at radius 3 is 2.14 bits per heavy atom. The molecule has 0 saturated heterocycles. The Morgan fingerprint density at radius 1 is 1.00 bits per heavy atom. The summed E-state index contributed by atoms with van der Waals surface area (Å²) in [4.78, 5) is 30.3. The molecule has 8 heteroatoms. The molecule has 3 N–H and O–H groups in total. The van der Waals surface area contributed by atoms with Crippen molar-refractivity contribution >= 4 is 42.4 Å². The number of nitrogens with one attached hydrogen (secondary N) is 1. The van der Waals surface area contributed by atoms with Crippen LogP contribution in [0.2, 0.25) is 0 Å². The van der Waals surface area contributed by atoms with Crippen LogP contribution in [0.1, 0.15) is 57.1 Å². The van der Waals surface area contributed by atoms with E-state index in [-0.39, 0.29) is 35.9 Å². The number of anilines is 1. The number of aryl methyl sites for hydroxylation is 2. The fourth-order valence-electron chi connectivity index (χ4n) is 3.92. The Morgan fingerprint density at radius 2 is 1.60 bits per heavy atom. The zero-order valence-electron chi connectivity index (χ0n) is 20.7. The van der Waals surface area contributed by atoms with Gasteiger partial charge in [0, 0.05) is 17.8 Å². The maximum atomic E-state index is 13.3. The molecule has 0 fully saturated rings. The summed E-state index contributed by atoms with van der Waals surface area (Å²) < 4.78 is 4.85. The van der Waals surface area contributed by atoms with Crippen molar-refractivity contribution in [3.63, 3.8) is 0 Å². The van der Waals surface area contributed by atoms with Gasteiger partial charge in [0.25, 0.3) is 5.91 Å². The van der Waals surface area contributed by atoms with Gasteiger partial charge in [-0.2, -0.15) is 0 Å². The van der Waals surface area contributed by atoms with Crippen molar-refractivity contribution in [2.45, 2.75) is 40.7 Å². The maximum Gasteiger partial charge on any atom is 0.338 e. The van der Waals surface area contributed by atoms with E-state index in [9.17, 15) is 9.59 Å². The Kier molecular flexibility index (Phi) is 11.4. The molecule has 0 radical (unpaired) electrons. The average molecular weight is 518 g/mol. The zero-order chi connectivity index (χ0) is 24.1. The SMILES string of the molecule is COC(=O)c1ccccc1C(=O)Nc1c(C)nc(CC(C)C)c(CN)c1-c1ccc(C)cc1.Cl.Cl. The van der Waals surface area contributed by atoms with E-state index in [0.717, 1.165) is 34.4 Å². The lowest BCUT2D eigenvalue weighted by Crippen LogP contribution is -2.20. The Hall–Kier alpha value is -2.93. The normalized spacial score (nSPS) is 10.3. The second kappa shape index (κ2) is 13.2. The first kappa shape index (κ1) is 30.1. The minimum atomic E-state index is -0.565. The monoisotopic (exact) mass is 517 g/mol. The average Bonchev–Trinajstić information content (AvgIpc) is 2.80. The number of pyridine rings is 1. The van der Waals surface area contributed by atoms with Gasteiger partial charge in [0.1, 0.15) is 0 Å². The molecule has 1 aromatic heterocycles. The number of methoxy groups -OCH3 is 1. The highest BCUT2D eigenvalue weighted by Crippen LogP contribution is 2.36. The third-order valence-corrected chi connectivity index (χ3v) is 5.53. The first-order chi connectivity index (χ1) is 15.8. The van der Waals surface area contributed by atoms with Crippen LogP contribution in [0.4, 0.5) is 5.69 Å². The molecule has 0 bridgehead atoms. The fraction of sp³-hybridized carbons (Fsp3) is 0.296. The van der Waals surface area contributed by atoms with Gasteiger partial charge in [-0.25, -0.2) is 4.79 Å². The smallest absolute Gasteiger partial charge is 0.338 e. The first-order valence-corrected chi connectivity index (χ1v) is 11.0. The summed E-state index contributed by atoms with van der Waals surface area (Å²) in [5.41, 5.74) is 12.8. The molecule has 0 atom stereocenters. The van der Waals surface area contributed by atoms with Gasteiger partial charge < -0.3 is 15.8 Å². The molecule has 35 heavy (non-hydrogen) atoms. The molecule has 0 aliphatic carbocycles. The number of hydrogen-bond acceptors (Lipinski definition) is 5. The van der Waals surface area contributed by atoms with Crippen molar-refractivity contribution in [2.75, 3.05) is 12.4 Å². The quantitative estimate of drug-likeness (QED) is 0.380. The lowest BCUT2D eigenvalue weighted by atomic mass is 9.92. The molecule has 0 aliphatic rings. The van der Waals surface area contributed by atoms with E-state index in [1.807, 2.05) is 38.1 Å². The Balaban J connectivity index is 0.00000306. The zero-order valence-corrected chi connectivity index (χ0v) is 22.3. The van der Waals surface area contributed by atoms with Gasteiger partial charge in [-0.15, -0.1) is 24.8 Å². The van der Waals surface area contributed by atoms with Gasteiger partial charge in [-0.05, 0) is 49.4 Å². The molecule has 1 amide bonds. The highest BCUT2D eigenvalue weighted by atomic mass is 35.5. The minimum Gasteiger partial charge on any atom is -0.465 e. The maximum absolute atomic E-state index is 13.3. The van der Waals surface area contributed by atoms with E-state index in [1.54, 1.807) is 24.3 Å². The lowest BCUT2D eigenvalue weighted by Gasteiger charge is -2.22. The van der Waals surface area contributed by atoms with Crippen LogP contribution in [-0.2, 0) is 17.7 Å². The van der Waals surface area contributed by atoms with E-state index >= 15 is 0 Å². The molecular weight excluding hydrogens is 485 g/mol. The van der Waals surface area contributed by atoms with E-state index in [4.69, 9.17) is 15.5 Å². The van der Waals surface area contributed by atoms with Gasteiger partial charge in [0.15, 0.2) is 0 Å². The predicted octanol–water partition coefficient (Wildman–Crippen LogP) is 5.91. The van der Waals surface area contributed by atoms with Crippen LogP contribution < -0.4 is 11.1 Å². The molecule has 0 unspecified atom stereocenters. The molecule has 3 aromatic rings. The first-order valence-electron chi connectivity index (χ1n) is 11.0. The highest BCUT2D eigenvalue weighted by molar-refractivity contribution is 6.12. The topological polar surface area (TPSA) is 94.3 Å². The predicted molar refractivity (Wildman–Crippen MR) is 146 cm³/mol. The molecule has 0 aliphatic heterocycles. The van der Waals surface area contributed by atoms with Crippen molar-refractivity contribution in [1.29, 1.82) is 0 Å². The number of hydrogen-bond donors (Lipinski definition) is 2. The molecule has 0 spiro atoms. The summed E-state index contributed by atoms with van der Waals surface area (Å²) in [6.07, 6.45) is 0.783. The van der Waals surface area contributed by atoms with Crippen molar-refractivity contribution in [3.05, 3.63) is 82.2 Å². The number of esters is 1. The van der Waals surface area contributed by atoms with Crippen molar-refractivity contribution in [2.24, 2.45) is 11.7 Å². The third-order valence-electron chi connectivity index (χ3n) is 5.53. The summed E-state index contributed by atoms with van der Waals surface area (Å²) in [6, 6.07) is 14.7. The van der Waals surface area contributed by atoms with Crippen LogP contribution in [0, 0.1) is 19.8 Å². The van der Waals surface area contributed by atoms with E-state index in [2.05, 4.69) is 19.2 Å². The van der Waals surface area contributed by atoms with Gasteiger partial charge in [0.2, 0.25) is 0 Å². The highest BCUT2D eigenvalue weighted by Gasteiger charge is 2.23. The van der Waals surface area contributed by atoms with Gasteiger partial charge in [-0.1, -0.05) is 55.8 Å². The van der Waals surface area contributed by atoms with Crippen LogP contribution in [-0.4, -0.2) is 24.0 Å². The standard InChI is InChI=1S/C27H31N3O3.2ClH/c1-16(2)14-23-22(15-28)24(19-12-10-17(3)11-13-19)25(18(4)29-23)30-26(31)20-8-6-7-9-21(20)27(32)33-5;;/h6-13,16H,14-15,28H2,1-5H3,(H,30,31);2*1H. The van der Waals surface area contributed by atoms with Crippen LogP contribution in [0.15, 0.2) is 48.5 Å². The number of ether oxygens (including phenoxy) is 1. The second-order valence-electron chi connectivity index (χ2n) is 8.53. The summed E-state index contributed by atoms with van der Waals surface area (Å²) in [5, 5.41) is 3.02. The van der Waals surface area contributed by atoms with Gasteiger partial charge in [0.05, 0.1) is 29.6 Å². The lowest BCUT2D eigenvalue weighted by molar-refractivity contribution is 0.0597. The number of rotatable bonds is 7. The summed E-state index contributed by atoms with van der Waals surface area (Å²) in [6.45, 7) is 8.48. The van der Waals surface area contributed by atoms with Gasteiger partial charge >= 0.3 is 5.97 Å². The third kappa shape index (κ3) is 6.82. The second-order valence-corrected chi connectivity index (χ2v) is 8.53. The Labute approximate surface area is 219 Å².